The van der Waals surface area contributed by atoms with E-state index >= 15 is 0 Å². The third-order valence-corrected chi connectivity index (χ3v) is 0.925. The molecule has 0 unspecified atom stereocenters. The zero-order valence-corrected chi connectivity index (χ0v) is 5.32. The van der Waals surface area contributed by atoms with Gasteiger partial charge in [0.05, 0.1) is 6.61 Å². The molecule has 44 valence electrons. The minimum absolute atomic E-state index is 0.679. The molecule has 0 aliphatic rings. The van der Waals surface area contributed by atoms with Crippen LogP contribution in [-0.4, -0.2) is 6.61 Å². The van der Waals surface area contributed by atoms with Gasteiger partial charge in [0.1, 0.15) is 0 Å². The molecule has 0 atom stereocenters. The van der Waals surface area contributed by atoms with Crippen molar-refractivity contribution >= 4 is 8.45 Å². The monoisotopic (exact) mass is 122 g/mol. The van der Waals surface area contributed by atoms with E-state index in [9.17, 15) is 0 Å². The average Bonchev–Trinajstić information content (AvgIpc) is 1.61. The predicted molar refractivity (Wildman–Crippen MR) is 31.5 cm³/mol. The molecule has 0 saturated heterocycles. The third kappa shape index (κ3) is 6.31. The van der Waals surface area contributed by atoms with Gasteiger partial charge in [-0.2, -0.15) is 0 Å². The van der Waals surface area contributed by atoms with Crippen LogP contribution in [0.2, 0.25) is 0 Å². The molecule has 4 heteroatoms. The lowest BCUT2D eigenvalue weighted by atomic mass is 10.5. The van der Waals surface area contributed by atoms with Crippen molar-refractivity contribution in [3.63, 3.8) is 0 Å². The van der Waals surface area contributed by atoms with Crippen LogP contribution in [0, 0.1) is 0 Å². The maximum atomic E-state index is 5.10. The predicted octanol–water partition coefficient (Wildman–Crippen LogP) is 0.557. The number of rotatable bonds is 3. The molecule has 0 aromatic heterocycles. The Morgan fingerprint density at radius 1 is 1.57 bits per heavy atom. The summed E-state index contributed by atoms with van der Waals surface area (Å²) in [6.45, 7) is 2.69. The molecular formula is C3H11N2OP. The highest BCUT2D eigenvalue weighted by molar-refractivity contribution is 7.47. The molecule has 0 aliphatic carbocycles. The number of hydrogen-bond acceptors (Lipinski definition) is 3. The van der Waals surface area contributed by atoms with Crippen molar-refractivity contribution in [1.29, 1.82) is 0 Å². The van der Waals surface area contributed by atoms with E-state index in [1.54, 1.807) is 0 Å². The molecule has 0 heterocycles. The first-order valence-corrected chi connectivity index (χ1v) is 3.59. The van der Waals surface area contributed by atoms with Crippen LogP contribution < -0.4 is 11.0 Å². The van der Waals surface area contributed by atoms with Gasteiger partial charge in [0, 0.05) is 0 Å². The second-order valence-corrected chi connectivity index (χ2v) is 2.17. The lowest BCUT2D eigenvalue weighted by molar-refractivity contribution is 0.352. The normalized spacial score (nSPS) is 10.3. The van der Waals surface area contributed by atoms with Gasteiger partial charge in [0.25, 0.3) is 0 Å². The van der Waals surface area contributed by atoms with E-state index in [4.69, 9.17) is 15.5 Å². The van der Waals surface area contributed by atoms with E-state index in [1.807, 2.05) is 6.92 Å². The van der Waals surface area contributed by atoms with E-state index in [0.29, 0.717) is 6.61 Å². The zero-order valence-electron chi connectivity index (χ0n) is 4.42. The Balaban J connectivity index is 2.68. The van der Waals surface area contributed by atoms with E-state index in [2.05, 4.69) is 0 Å². The van der Waals surface area contributed by atoms with Gasteiger partial charge in [-0.3, -0.25) is 11.0 Å². The highest BCUT2D eigenvalue weighted by Gasteiger charge is 1.88. The van der Waals surface area contributed by atoms with Crippen LogP contribution in [0.1, 0.15) is 13.3 Å². The van der Waals surface area contributed by atoms with Gasteiger partial charge in [-0.25, -0.2) is 0 Å². The molecule has 0 rings (SSSR count). The van der Waals surface area contributed by atoms with Crippen molar-refractivity contribution in [1.82, 2.24) is 0 Å². The Labute approximate surface area is 45.0 Å². The molecule has 0 aromatic carbocycles. The summed E-state index contributed by atoms with van der Waals surface area (Å²) in [4.78, 5) is 0. The second-order valence-electron chi connectivity index (χ2n) is 1.19. The summed E-state index contributed by atoms with van der Waals surface area (Å²) >= 11 is 0. The van der Waals surface area contributed by atoms with Crippen LogP contribution in [0.5, 0.6) is 0 Å². The van der Waals surface area contributed by atoms with Crippen molar-refractivity contribution in [3.8, 4) is 0 Å². The van der Waals surface area contributed by atoms with Crippen molar-refractivity contribution in [2.24, 2.45) is 11.0 Å². The summed E-state index contributed by atoms with van der Waals surface area (Å²) in [5, 5.41) is 0. The highest BCUT2D eigenvalue weighted by Crippen LogP contribution is 2.13. The van der Waals surface area contributed by atoms with Gasteiger partial charge in [-0.1, -0.05) is 6.92 Å². The van der Waals surface area contributed by atoms with Crippen LogP contribution in [0.15, 0.2) is 0 Å². The van der Waals surface area contributed by atoms with Crippen LogP contribution in [-0.2, 0) is 4.52 Å². The second kappa shape index (κ2) is 4.47. The van der Waals surface area contributed by atoms with Crippen LogP contribution >= 0.6 is 8.45 Å². The molecule has 0 aliphatic heterocycles. The SMILES string of the molecule is CCCOP(N)N. The Morgan fingerprint density at radius 2 is 2.14 bits per heavy atom. The van der Waals surface area contributed by atoms with E-state index in [1.165, 1.54) is 0 Å². The van der Waals surface area contributed by atoms with Crippen molar-refractivity contribution < 1.29 is 4.52 Å². The largest absolute Gasteiger partial charge is 0.332 e. The minimum atomic E-state index is -1.11. The van der Waals surface area contributed by atoms with Gasteiger partial charge in [0.15, 0.2) is 8.45 Å². The molecule has 0 fully saturated rings. The first-order chi connectivity index (χ1) is 3.27. The molecule has 0 aromatic rings. The van der Waals surface area contributed by atoms with Crippen molar-refractivity contribution in [2.45, 2.75) is 13.3 Å². The van der Waals surface area contributed by atoms with Gasteiger partial charge in [0.2, 0.25) is 0 Å². The standard InChI is InChI=1S/C3H11N2OP/c1-2-3-6-7(4)5/h2-5H2,1H3. The van der Waals surface area contributed by atoms with Crippen molar-refractivity contribution in [2.75, 3.05) is 6.61 Å². The lowest BCUT2D eigenvalue weighted by Gasteiger charge is -2.01. The van der Waals surface area contributed by atoms with Gasteiger partial charge < -0.3 is 4.52 Å². The Hall–Kier alpha value is 0.310. The summed E-state index contributed by atoms with van der Waals surface area (Å²) in [7, 11) is -1.11. The summed E-state index contributed by atoms with van der Waals surface area (Å²) < 4.78 is 4.81. The topological polar surface area (TPSA) is 61.3 Å². The summed E-state index contributed by atoms with van der Waals surface area (Å²) in [5.74, 6) is 0. The smallest absolute Gasteiger partial charge is 0.176 e. The van der Waals surface area contributed by atoms with Gasteiger partial charge in [-0.15, -0.1) is 0 Å². The zero-order chi connectivity index (χ0) is 5.70. The van der Waals surface area contributed by atoms with E-state index in [0.717, 1.165) is 6.42 Å². The van der Waals surface area contributed by atoms with Gasteiger partial charge >= 0.3 is 0 Å². The average molecular weight is 122 g/mol. The molecular weight excluding hydrogens is 111 g/mol. The number of nitrogens with two attached hydrogens (primary N) is 2. The van der Waals surface area contributed by atoms with Gasteiger partial charge in [-0.05, 0) is 6.42 Å². The number of hydrogen-bond donors (Lipinski definition) is 2. The van der Waals surface area contributed by atoms with Crippen LogP contribution in [0.3, 0.4) is 0 Å². The fraction of sp³-hybridized carbons (Fsp3) is 1.00. The van der Waals surface area contributed by atoms with Crippen LogP contribution in [0.25, 0.3) is 0 Å². The highest BCUT2D eigenvalue weighted by atomic mass is 31.2. The molecule has 0 spiro atoms. The quantitative estimate of drug-likeness (QED) is 0.537. The minimum Gasteiger partial charge on any atom is -0.332 e. The Bertz CT molecular complexity index is 41.9. The summed E-state index contributed by atoms with van der Waals surface area (Å²) in [6.07, 6.45) is 0.979. The molecule has 0 radical (unpaired) electrons. The molecule has 4 N–H and O–H groups in total. The van der Waals surface area contributed by atoms with E-state index < -0.39 is 8.45 Å². The Morgan fingerprint density at radius 3 is 2.29 bits per heavy atom. The maximum absolute atomic E-state index is 5.10. The summed E-state index contributed by atoms with van der Waals surface area (Å²) in [5.41, 5.74) is 10.2. The molecule has 0 saturated carbocycles. The van der Waals surface area contributed by atoms with E-state index in [-0.39, 0.29) is 0 Å². The molecule has 0 amide bonds. The van der Waals surface area contributed by atoms with Crippen LogP contribution in [0.4, 0.5) is 0 Å². The Kier molecular flexibility index (Phi) is 4.67. The molecule has 7 heavy (non-hydrogen) atoms. The van der Waals surface area contributed by atoms with Crippen molar-refractivity contribution in [3.05, 3.63) is 0 Å². The fourth-order valence-corrected chi connectivity index (χ4v) is 0.590. The third-order valence-electron chi connectivity index (χ3n) is 0.444. The summed E-state index contributed by atoms with van der Waals surface area (Å²) in [6, 6.07) is 0. The maximum Gasteiger partial charge on any atom is 0.176 e. The molecule has 3 nitrogen and oxygen atoms in total. The molecule has 0 bridgehead atoms. The fourth-order valence-electron chi connectivity index (χ4n) is 0.197. The lowest BCUT2D eigenvalue weighted by Crippen LogP contribution is -2.02. The first-order valence-electron chi connectivity index (χ1n) is 2.19. The first kappa shape index (κ1) is 7.31.